The van der Waals surface area contributed by atoms with E-state index in [1.165, 1.54) is 81.8 Å². The molecular weight excluding hydrogens is 380 g/mol. The number of rotatable bonds is 17. The average molecular weight is 423 g/mol. The van der Waals surface area contributed by atoms with Crippen molar-refractivity contribution < 1.29 is 9.90 Å². The maximum Gasteiger partial charge on any atom is 0.133 e. The van der Waals surface area contributed by atoms with Crippen LogP contribution in [0.3, 0.4) is 0 Å². The van der Waals surface area contributed by atoms with Gasteiger partial charge in [0, 0.05) is 5.92 Å². The number of aryl methyl sites for hydroxylation is 1. The van der Waals surface area contributed by atoms with E-state index in [9.17, 15) is 9.90 Å². The number of Topliss-reactive ketones (excluding diaryl/α,β-unsaturated/α-hetero) is 1. The van der Waals surface area contributed by atoms with Gasteiger partial charge in [0.25, 0.3) is 0 Å². The highest BCUT2D eigenvalue weighted by atomic mass is 16.3. The van der Waals surface area contributed by atoms with E-state index in [1.54, 1.807) is 19.1 Å². The first-order valence-corrected chi connectivity index (χ1v) is 12.5. The van der Waals surface area contributed by atoms with E-state index >= 15 is 0 Å². The zero-order valence-electron chi connectivity index (χ0n) is 19.5. The van der Waals surface area contributed by atoms with Gasteiger partial charge >= 0.3 is 0 Å². The topological polar surface area (TPSA) is 37.3 Å². The number of carbonyl (C=O) groups excluding carboxylic acids is 1. The molecule has 0 aliphatic heterocycles. The second kappa shape index (κ2) is 15.7. The van der Waals surface area contributed by atoms with Gasteiger partial charge in [0.05, 0.1) is 0 Å². The Kier molecular flexibility index (Phi) is 12.7. The van der Waals surface area contributed by atoms with Crippen LogP contribution in [0.2, 0.25) is 0 Å². The number of phenolic OH excluding ortho intramolecular Hbond substituents is 1. The zero-order valence-corrected chi connectivity index (χ0v) is 19.5. The highest BCUT2D eigenvalue weighted by molar-refractivity contribution is 5.78. The van der Waals surface area contributed by atoms with Crippen LogP contribution in [0.1, 0.15) is 95.1 Å². The Morgan fingerprint density at radius 3 is 1.74 bits per heavy atom. The molecule has 0 fully saturated rings. The number of aromatic hydroxyl groups is 1. The molecule has 1 unspecified atom stereocenters. The van der Waals surface area contributed by atoms with Crippen LogP contribution in [0.25, 0.3) is 0 Å². The summed E-state index contributed by atoms with van der Waals surface area (Å²) in [7, 11) is 0. The number of hydrogen-bond donors (Lipinski definition) is 1. The quantitative estimate of drug-likeness (QED) is 0.262. The maximum atomic E-state index is 12.0. The van der Waals surface area contributed by atoms with E-state index in [1.807, 2.05) is 18.2 Å². The molecule has 0 heterocycles. The summed E-state index contributed by atoms with van der Waals surface area (Å²) in [6.07, 6.45) is 17.5. The van der Waals surface area contributed by atoms with E-state index in [-0.39, 0.29) is 5.92 Å². The average Bonchev–Trinajstić information content (AvgIpc) is 2.78. The number of hydrogen-bond acceptors (Lipinski definition) is 2. The molecule has 170 valence electrons. The van der Waals surface area contributed by atoms with Crippen LogP contribution >= 0.6 is 0 Å². The van der Waals surface area contributed by atoms with Gasteiger partial charge in [-0.25, -0.2) is 0 Å². The maximum absolute atomic E-state index is 12.0. The Balaban J connectivity index is 1.38. The lowest BCUT2D eigenvalue weighted by Gasteiger charge is -2.13. The summed E-state index contributed by atoms with van der Waals surface area (Å²) in [6, 6.07) is 18.0. The third kappa shape index (κ3) is 11.8. The Bertz CT molecular complexity index is 705. The van der Waals surface area contributed by atoms with Crippen molar-refractivity contribution in [2.45, 2.75) is 96.8 Å². The molecule has 0 saturated heterocycles. The predicted molar refractivity (Wildman–Crippen MR) is 132 cm³/mol. The molecule has 31 heavy (non-hydrogen) atoms. The summed E-state index contributed by atoms with van der Waals surface area (Å²) in [5.74, 6) is 0.885. The monoisotopic (exact) mass is 422 g/mol. The van der Waals surface area contributed by atoms with Gasteiger partial charge in [-0.1, -0.05) is 107 Å². The number of ketones is 1. The Morgan fingerprint density at radius 1 is 0.677 bits per heavy atom. The van der Waals surface area contributed by atoms with Gasteiger partial charge in [-0.2, -0.15) is 0 Å². The third-order valence-corrected chi connectivity index (χ3v) is 6.35. The van der Waals surface area contributed by atoms with E-state index in [4.69, 9.17) is 0 Å². The molecule has 2 aromatic rings. The second-order valence-electron chi connectivity index (χ2n) is 9.09. The number of carbonyl (C=O) groups is 1. The minimum absolute atomic E-state index is 0.191. The van der Waals surface area contributed by atoms with Gasteiger partial charge in [-0.05, 0) is 55.9 Å². The smallest absolute Gasteiger partial charge is 0.133 e. The molecule has 0 saturated carbocycles. The third-order valence-electron chi connectivity index (χ3n) is 6.35. The predicted octanol–water partition coefficient (Wildman–Crippen LogP) is 8.06. The molecule has 0 radical (unpaired) electrons. The van der Waals surface area contributed by atoms with Crippen LogP contribution in [0, 0.1) is 5.92 Å². The van der Waals surface area contributed by atoms with Crippen molar-refractivity contribution in [3.8, 4) is 5.75 Å². The summed E-state index contributed by atoms with van der Waals surface area (Å²) in [5.41, 5.74) is 2.61. The van der Waals surface area contributed by atoms with Crippen molar-refractivity contribution in [1.82, 2.24) is 0 Å². The first-order chi connectivity index (χ1) is 15.1. The summed E-state index contributed by atoms with van der Waals surface area (Å²) < 4.78 is 0. The van der Waals surface area contributed by atoms with Gasteiger partial charge < -0.3 is 5.11 Å². The normalized spacial score (nSPS) is 12.0. The van der Waals surface area contributed by atoms with Crippen molar-refractivity contribution in [2.24, 2.45) is 5.92 Å². The Morgan fingerprint density at radius 2 is 1.19 bits per heavy atom. The van der Waals surface area contributed by atoms with Crippen LogP contribution in [-0.4, -0.2) is 10.9 Å². The van der Waals surface area contributed by atoms with Gasteiger partial charge in [-0.3, -0.25) is 4.79 Å². The number of unbranched alkanes of at least 4 members (excludes halogenated alkanes) is 10. The molecule has 2 aromatic carbocycles. The molecule has 0 aromatic heterocycles. The zero-order chi connectivity index (χ0) is 22.2. The first kappa shape index (κ1) is 25.2. The SMILES string of the molecule is CC(=O)C(CCCCCCCCCCCCCc1ccc(O)cc1)Cc1ccccc1. The van der Waals surface area contributed by atoms with Crippen LogP contribution in [0.4, 0.5) is 0 Å². The molecule has 1 N–H and O–H groups in total. The van der Waals surface area contributed by atoms with Crippen molar-refractivity contribution >= 4 is 5.78 Å². The van der Waals surface area contributed by atoms with Crippen molar-refractivity contribution in [2.75, 3.05) is 0 Å². The lowest BCUT2D eigenvalue weighted by molar-refractivity contribution is -0.120. The van der Waals surface area contributed by atoms with E-state index in [2.05, 4.69) is 24.3 Å². The number of benzene rings is 2. The fourth-order valence-corrected chi connectivity index (χ4v) is 4.32. The summed E-state index contributed by atoms with van der Waals surface area (Å²) in [5, 5.41) is 9.31. The van der Waals surface area contributed by atoms with Gasteiger partial charge in [0.15, 0.2) is 0 Å². The van der Waals surface area contributed by atoms with Crippen LogP contribution in [0.15, 0.2) is 54.6 Å². The van der Waals surface area contributed by atoms with Crippen LogP contribution < -0.4 is 0 Å². The highest BCUT2D eigenvalue weighted by Crippen LogP contribution is 2.19. The second-order valence-corrected chi connectivity index (χ2v) is 9.09. The van der Waals surface area contributed by atoms with E-state index in [0.717, 1.165) is 19.3 Å². The lowest BCUT2D eigenvalue weighted by atomic mass is 9.90. The minimum Gasteiger partial charge on any atom is -0.508 e. The molecule has 2 heteroatoms. The molecule has 1 atom stereocenters. The van der Waals surface area contributed by atoms with Gasteiger partial charge in [0.1, 0.15) is 11.5 Å². The molecule has 2 nitrogen and oxygen atoms in total. The highest BCUT2D eigenvalue weighted by Gasteiger charge is 2.14. The van der Waals surface area contributed by atoms with E-state index in [0.29, 0.717) is 11.5 Å². The molecule has 0 aliphatic carbocycles. The lowest BCUT2D eigenvalue weighted by Crippen LogP contribution is -2.14. The summed E-state index contributed by atoms with van der Waals surface area (Å²) in [6.45, 7) is 1.75. The number of phenols is 1. The van der Waals surface area contributed by atoms with Crippen LogP contribution in [-0.2, 0) is 17.6 Å². The minimum atomic E-state index is 0.191. The standard InChI is InChI=1S/C29H42O2/c1-25(30)28(24-27-17-13-11-14-18-27)19-15-10-8-6-4-2-3-5-7-9-12-16-26-20-22-29(31)23-21-26/h11,13-14,17-18,20-23,28,31H,2-10,12,15-16,19,24H2,1H3. The molecule has 0 aliphatic rings. The van der Waals surface area contributed by atoms with Crippen molar-refractivity contribution in [1.29, 1.82) is 0 Å². The summed E-state index contributed by atoms with van der Waals surface area (Å²) in [4.78, 5) is 12.0. The Hall–Kier alpha value is -2.09. The molecule has 0 bridgehead atoms. The fraction of sp³-hybridized carbons (Fsp3) is 0.552. The molecular formula is C29H42O2. The van der Waals surface area contributed by atoms with Crippen LogP contribution in [0.5, 0.6) is 5.75 Å². The summed E-state index contributed by atoms with van der Waals surface area (Å²) >= 11 is 0. The first-order valence-electron chi connectivity index (χ1n) is 12.5. The molecule has 0 amide bonds. The van der Waals surface area contributed by atoms with Crippen molar-refractivity contribution in [3.05, 3.63) is 65.7 Å². The van der Waals surface area contributed by atoms with Crippen molar-refractivity contribution in [3.63, 3.8) is 0 Å². The van der Waals surface area contributed by atoms with Gasteiger partial charge in [0.2, 0.25) is 0 Å². The van der Waals surface area contributed by atoms with E-state index < -0.39 is 0 Å². The molecule has 2 rings (SSSR count). The Labute approximate surface area is 190 Å². The molecule has 0 spiro atoms. The largest absolute Gasteiger partial charge is 0.508 e. The fourth-order valence-electron chi connectivity index (χ4n) is 4.32. The van der Waals surface area contributed by atoms with Gasteiger partial charge in [-0.15, -0.1) is 0 Å².